The zero-order chi connectivity index (χ0) is 13.0. The SMILES string of the molecule is CCC1CC(N[C@@H](C)c2ccc(C)cc2)CCO1. The molecule has 0 radical (unpaired) electrons. The minimum absolute atomic E-state index is 0.422. The number of rotatable bonds is 4. The highest BCUT2D eigenvalue weighted by molar-refractivity contribution is 5.23. The van der Waals surface area contributed by atoms with Gasteiger partial charge in [0.25, 0.3) is 0 Å². The van der Waals surface area contributed by atoms with Crippen LogP contribution in [0.1, 0.15) is 50.3 Å². The number of benzene rings is 1. The normalized spacial score (nSPS) is 25.9. The molecule has 1 N–H and O–H groups in total. The lowest BCUT2D eigenvalue weighted by atomic mass is 9.99. The van der Waals surface area contributed by atoms with Crippen molar-refractivity contribution in [2.45, 2.75) is 58.2 Å². The van der Waals surface area contributed by atoms with E-state index >= 15 is 0 Å². The first-order chi connectivity index (χ1) is 8.69. The van der Waals surface area contributed by atoms with Crippen LogP contribution in [-0.4, -0.2) is 18.8 Å². The number of aryl methyl sites for hydroxylation is 1. The van der Waals surface area contributed by atoms with Crippen LogP contribution in [0.5, 0.6) is 0 Å². The molecule has 1 aliphatic rings. The third-order valence-corrected chi connectivity index (χ3v) is 3.89. The molecule has 0 amide bonds. The summed E-state index contributed by atoms with van der Waals surface area (Å²) in [4.78, 5) is 0. The summed E-state index contributed by atoms with van der Waals surface area (Å²) in [5, 5.41) is 3.74. The number of hydrogen-bond donors (Lipinski definition) is 1. The first-order valence-electron chi connectivity index (χ1n) is 7.13. The Kier molecular flexibility index (Phi) is 4.79. The Balaban J connectivity index is 1.90. The van der Waals surface area contributed by atoms with Gasteiger partial charge in [-0.25, -0.2) is 0 Å². The van der Waals surface area contributed by atoms with Gasteiger partial charge < -0.3 is 10.1 Å². The van der Waals surface area contributed by atoms with Gasteiger partial charge in [-0.2, -0.15) is 0 Å². The van der Waals surface area contributed by atoms with Gasteiger partial charge >= 0.3 is 0 Å². The van der Waals surface area contributed by atoms with E-state index < -0.39 is 0 Å². The van der Waals surface area contributed by atoms with Gasteiger partial charge in [-0.1, -0.05) is 36.8 Å². The van der Waals surface area contributed by atoms with Crippen LogP contribution in [0.3, 0.4) is 0 Å². The zero-order valence-corrected chi connectivity index (χ0v) is 11.8. The maximum absolute atomic E-state index is 5.72. The molecule has 0 spiro atoms. The molecule has 1 aliphatic heterocycles. The van der Waals surface area contributed by atoms with Crippen LogP contribution in [0, 0.1) is 6.92 Å². The van der Waals surface area contributed by atoms with Crippen LogP contribution in [0.25, 0.3) is 0 Å². The Morgan fingerprint density at radius 1 is 1.33 bits per heavy atom. The zero-order valence-electron chi connectivity index (χ0n) is 11.8. The van der Waals surface area contributed by atoms with Gasteiger partial charge in [0.15, 0.2) is 0 Å². The second-order valence-electron chi connectivity index (χ2n) is 5.42. The summed E-state index contributed by atoms with van der Waals surface area (Å²) >= 11 is 0. The molecule has 1 saturated heterocycles. The quantitative estimate of drug-likeness (QED) is 0.877. The van der Waals surface area contributed by atoms with Crippen LogP contribution in [0.15, 0.2) is 24.3 Å². The average molecular weight is 247 g/mol. The summed E-state index contributed by atoms with van der Waals surface area (Å²) in [7, 11) is 0. The summed E-state index contributed by atoms with van der Waals surface area (Å²) in [6, 6.07) is 9.84. The average Bonchev–Trinajstić information content (AvgIpc) is 2.39. The van der Waals surface area contributed by atoms with Crippen molar-refractivity contribution in [3.63, 3.8) is 0 Å². The molecule has 1 heterocycles. The van der Waals surface area contributed by atoms with Crippen LogP contribution in [0.2, 0.25) is 0 Å². The fourth-order valence-corrected chi connectivity index (χ4v) is 2.62. The molecule has 100 valence electrons. The third-order valence-electron chi connectivity index (χ3n) is 3.89. The molecule has 0 aromatic heterocycles. The molecule has 3 atom stereocenters. The van der Waals surface area contributed by atoms with Crippen LogP contribution >= 0.6 is 0 Å². The third kappa shape index (κ3) is 3.56. The van der Waals surface area contributed by atoms with Gasteiger partial charge in [0.05, 0.1) is 6.10 Å². The molecular formula is C16H25NO. The van der Waals surface area contributed by atoms with E-state index in [2.05, 4.69) is 50.4 Å². The van der Waals surface area contributed by atoms with Crippen molar-refractivity contribution in [2.24, 2.45) is 0 Å². The van der Waals surface area contributed by atoms with Crippen molar-refractivity contribution in [3.8, 4) is 0 Å². The Labute approximate surface area is 111 Å². The van der Waals surface area contributed by atoms with Gasteiger partial charge in [-0.15, -0.1) is 0 Å². The summed E-state index contributed by atoms with van der Waals surface area (Å²) in [5.74, 6) is 0. The van der Waals surface area contributed by atoms with E-state index in [4.69, 9.17) is 4.74 Å². The maximum Gasteiger partial charge on any atom is 0.0587 e. The predicted octanol–water partition coefficient (Wildman–Crippen LogP) is 3.60. The smallest absolute Gasteiger partial charge is 0.0587 e. The molecule has 0 saturated carbocycles. The van der Waals surface area contributed by atoms with E-state index in [1.54, 1.807) is 0 Å². The van der Waals surface area contributed by atoms with Gasteiger partial charge in [0.2, 0.25) is 0 Å². The van der Waals surface area contributed by atoms with Crippen molar-refractivity contribution < 1.29 is 4.74 Å². The Bertz CT molecular complexity index is 360. The molecule has 2 unspecified atom stereocenters. The van der Waals surface area contributed by atoms with Crippen LogP contribution in [-0.2, 0) is 4.74 Å². The van der Waals surface area contributed by atoms with Crippen molar-refractivity contribution in [1.29, 1.82) is 0 Å². The van der Waals surface area contributed by atoms with E-state index in [0.717, 1.165) is 25.9 Å². The molecule has 1 aromatic carbocycles. The highest BCUT2D eigenvalue weighted by Crippen LogP contribution is 2.20. The summed E-state index contributed by atoms with van der Waals surface area (Å²) in [6.07, 6.45) is 3.85. The molecule has 1 aromatic rings. The minimum atomic E-state index is 0.422. The van der Waals surface area contributed by atoms with Crippen molar-refractivity contribution >= 4 is 0 Å². The lowest BCUT2D eigenvalue weighted by Gasteiger charge is -2.32. The van der Waals surface area contributed by atoms with Gasteiger partial charge in [0, 0.05) is 18.7 Å². The number of nitrogens with one attached hydrogen (secondary N) is 1. The van der Waals surface area contributed by atoms with E-state index in [1.165, 1.54) is 11.1 Å². The molecule has 2 rings (SSSR count). The van der Waals surface area contributed by atoms with Gasteiger partial charge in [0.1, 0.15) is 0 Å². The molecule has 2 heteroatoms. The molecule has 18 heavy (non-hydrogen) atoms. The number of ether oxygens (including phenoxy) is 1. The second-order valence-corrected chi connectivity index (χ2v) is 5.42. The first kappa shape index (κ1) is 13.6. The van der Waals surface area contributed by atoms with Crippen molar-refractivity contribution in [2.75, 3.05) is 6.61 Å². The van der Waals surface area contributed by atoms with Crippen molar-refractivity contribution in [3.05, 3.63) is 35.4 Å². The van der Waals surface area contributed by atoms with E-state index in [1.807, 2.05) is 0 Å². The molecule has 1 fully saturated rings. The highest BCUT2D eigenvalue weighted by atomic mass is 16.5. The van der Waals surface area contributed by atoms with Gasteiger partial charge in [-0.05, 0) is 38.7 Å². The lowest BCUT2D eigenvalue weighted by molar-refractivity contribution is -0.00165. The number of hydrogen-bond acceptors (Lipinski definition) is 2. The maximum atomic E-state index is 5.72. The second kappa shape index (κ2) is 6.35. The van der Waals surface area contributed by atoms with Crippen LogP contribution in [0.4, 0.5) is 0 Å². The predicted molar refractivity (Wildman–Crippen MR) is 75.8 cm³/mol. The van der Waals surface area contributed by atoms with E-state index in [9.17, 15) is 0 Å². The van der Waals surface area contributed by atoms with E-state index in [0.29, 0.717) is 18.2 Å². The molecular weight excluding hydrogens is 222 g/mol. The summed E-state index contributed by atoms with van der Waals surface area (Å²) in [5.41, 5.74) is 2.70. The Morgan fingerprint density at radius 2 is 2.06 bits per heavy atom. The highest BCUT2D eigenvalue weighted by Gasteiger charge is 2.22. The topological polar surface area (TPSA) is 21.3 Å². The monoisotopic (exact) mass is 247 g/mol. The van der Waals surface area contributed by atoms with Gasteiger partial charge in [-0.3, -0.25) is 0 Å². The minimum Gasteiger partial charge on any atom is -0.378 e. The molecule has 2 nitrogen and oxygen atoms in total. The lowest BCUT2D eigenvalue weighted by Crippen LogP contribution is -2.39. The Hall–Kier alpha value is -0.860. The fourth-order valence-electron chi connectivity index (χ4n) is 2.62. The summed E-state index contributed by atoms with van der Waals surface area (Å²) in [6.45, 7) is 7.49. The summed E-state index contributed by atoms with van der Waals surface area (Å²) < 4.78 is 5.72. The molecule has 0 bridgehead atoms. The standard InChI is InChI=1S/C16H25NO/c1-4-16-11-15(9-10-18-16)17-13(3)14-7-5-12(2)6-8-14/h5-8,13,15-17H,4,9-11H2,1-3H3/t13-,15?,16?/m0/s1. The van der Waals surface area contributed by atoms with Crippen LogP contribution < -0.4 is 5.32 Å². The molecule has 0 aliphatic carbocycles. The first-order valence-corrected chi connectivity index (χ1v) is 7.13. The van der Waals surface area contributed by atoms with E-state index in [-0.39, 0.29) is 0 Å². The van der Waals surface area contributed by atoms with Crippen molar-refractivity contribution in [1.82, 2.24) is 5.32 Å². The fraction of sp³-hybridized carbons (Fsp3) is 0.625. The largest absolute Gasteiger partial charge is 0.378 e. The Morgan fingerprint density at radius 3 is 2.72 bits per heavy atom.